The fourth-order valence-corrected chi connectivity index (χ4v) is 2.70. The maximum Gasteiger partial charge on any atom is 0.255 e. The van der Waals surface area contributed by atoms with Crippen LogP contribution in [0.15, 0.2) is 47.5 Å². The molecule has 0 radical (unpaired) electrons. The molecule has 0 atom stereocenters. The molecular weight excluding hydrogens is 347 g/mol. The van der Waals surface area contributed by atoms with Crippen molar-refractivity contribution in [3.63, 3.8) is 0 Å². The number of H-pyrrole nitrogens is 1. The molecule has 0 aliphatic heterocycles. The molecule has 6 nitrogen and oxygen atoms in total. The molecule has 2 heterocycles. The van der Waals surface area contributed by atoms with E-state index in [-0.39, 0.29) is 30.2 Å². The first-order valence-corrected chi connectivity index (χ1v) is 8.46. The van der Waals surface area contributed by atoms with Gasteiger partial charge >= 0.3 is 0 Å². The van der Waals surface area contributed by atoms with E-state index >= 15 is 0 Å². The number of aromatic amines is 1. The summed E-state index contributed by atoms with van der Waals surface area (Å²) in [5, 5.41) is 2.74. The zero-order valence-corrected chi connectivity index (χ0v) is 15.0. The lowest BCUT2D eigenvalue weighted by Crippen LogP contribution is -2.29. The minimum Gasteiger partial charge on any atom is -0.352 e. The number of amides is 1. The molecule has 0 unspecified atom stereocenters. The number of aromatic nitrogens is 3. The van der Waals surface area contributed by atoms with E-state index in [9.17, 15) is 14.0 Å². The molecule has 0 spiro atoms. The Hall–Kier alpha value is -3.35. The third kappa shape index (κ3) is 4.44. The average molecular weight is 366 g/mol. The Balaban J connectivity index is 1.70. The second-order valence-electron chi connectivity index (χ2n) is 6.26. The van der Waals surface area contributed by atoms with Gasteiger partial charge in [-0.25, -0.2) is 9.37 Å². The molecule has 1 aromatic carbocycles. The number of carbonyl (C=O) groups excluding carboxylic acids is 1. The Labute approximate surface area is 155 Å². The summed E-state index contributed by atoms with van der Waals surface area (Å²) in [6, 6.07) is 8.21. The highest BCUT2D eigenvalue weighted by atomic mass is 19.1. The van der Waals surface area contributed by atoms with Crippen LogP contribution in [0, 0.1) is 19.7 Å². The van der Waals surface area contributed by atoms with Crippen molar-refractivity contribution in [2.24, 2.45) is 0 Å². The maximum atomic E-state index is 13.3. The number of rotatable bonds is 5. The minimum absolute atomic E-state index is 0.0817. The highest BCUT2D eigenvalue weighted by molar-refractivity contribution is 5.78. The molecule has 0 saturated heterocycles. The van der Waals surface area contributed by atoms with Crippen molar-refractivity contribution >= 4 is 5.91 Å². The fraction of sp³-hybridized carbons (Fsp3) is 0.200. The first kappa shape index (κ1) is 18.4. The Kier molecular flexibility index (Phi) is 5.40. The van der Waals surface area contributed by atoms with Gasteiger partial charge in [0, 0.05) is 35.8 Å². The van der Waals surface area contributed by atoms with Gasteiger partial charge in [-0.3, -0.25) is 14.6 Å². The molecule has 7 heteroatoms. The SMILES string of the molecule is Cc1cc(CNC(=O)Cc2c(C)nc(-c3cccnc3)[nH]c2=O)ccc1F. The van der Waals surface area contributed by atoms with Crippen LogP contribution < -0.4 is 10.9 Å². The van der Waals surface area contributed by atoms with E-state index in [0.717, 1.165) is 5.56 Å². The van der Waals surface area contributed by atoms with Crippen molar-refractivity contribution in [3.8, 4) is 11.4 Å². The van der Waals surface area contributed by atoms with Crippen molar-refractivity contribution in [1.82, 2.24) is 20.3 Å². The number of hydrogen-bond acceptors (Lipinski definition) is 4. The van der Waals surface area contributed by atoms with Crippen LogP contribution in [0.5, 0.6) is 0 Å². The quantitative estimate of drug-likeness (QED) is 0.726. The molecule has 0 fully saturated rings. The number of pyridine rings is 1. The van der Waals surface area contributed by atoms with Gasteiger partial charge in [-0.05, 0) is 43.2 Å². The molecule has 2 aromatic heterocycles. The molecule has 0 aliphatic carbocycles. The summed E-state index contributed by atoms with van der Waals surface area (Å²) in [4.78, 5) is 35.7. The van der Waals surface area contributed by atoms with Crippen LogP contribution in [0.25, 0.3) is 11.4 Å². The zero-order valence-electron chi connectivity index (χ0n) is 15.0. The summed E-state index contributed by atoms with van der Waals surface area (Å²) in [5.41, 5.74) is 2.46. The van der Waals surface area contributed by atoms with E-state index in [0.29, 0.717) is 28.2 Å². The zero-order chi connectivity index (χ0) is 19.4. The molecule has 0 aliphatic rings. The van der Waals surface area contributed by atoms with Gasteiger partial charge < -0.3 is 10.3 Å². The van der Waals surface area contributed by atoms with Crippen LogP contribution in [0.4, 0.5) is 4.39 Å². The van der Waals surface area contributed by atoms with E-state index in [1.165, 1.54) is 6.07 Å². The normalized spacial score (nSPS) is 10.6. The van der Waals surface area contributed by atoms with E-state index < -0.39 is 0 Å². The average Bonchev–Trinajstić information content (AvgIpc) is 2.66. The van der Waals surface area contributed by atoms with Crippen LogP contribution in [-0.4, -0.2) is 20.9 Å². The Morgan fingerprint density at radius 2 is 2.07 bits per heavy atom. The second kappa shape index (κ2) is 7.90. The van der Waals surface area contributed by atoms with Gasteiger partial charge in [0.2, 0.25) is 5.91 Å². The first-order valence-electron chi connectivity index (χ1n) is 8.46. The smallest absolute Gasteiger partial charge is 0.255 e. The lowest BCUT2D eigenvalue weighted by Gasteiger charge is -2.09. The summed E-state index contributed by atoms with van der Waals surface area (Å²) in [5.74, 6) is -0.176. The predicted octanol–water partition coefficient (Wildman–Crippen LogP) is 2.45. The van der Waals surface area contributed by atoms with Gasteiger partial charge in [0.05, 0.1) is 6.42 Å². The molecule has 3 rings (SSSR count). The van der Waals surface area contributed by atoms with Crippen LogP contribution in [-0.2, 0) is 17.8 Å². The highest BCUT2D eigenvalue weighted by Crippen LogP contribution is 2.13. The molecular formula is C20H19FN4O2. The van der Waals surface area contributed by atoms with Gasteiger partial charge in [-0.15, -0.1) is 0 Å². The van der Waals surface area contributed by atoms with E-state index in [4.69, 9.17) is 0 Å². The summed E-state index contributed by atoms with van der Waals surface area (Å²) < 4.78 is 13.3. The molecule has 2 N–H and O–H groups in total. The Bertz CT molecular complexity index is 1030. The number of halogens is 1. The number of carbonyl (C=O) groups is 1. The maximum absolute atomic E-state index is 13.3. The number of hydrogen-bond donors (Lipinski definition) is 2. The number of aryl methyl sites for hydroxylation is 2. The van der Waals surface area contributed by atoms with Gasteiger partial charge in [0.15, 0.2) is 0 Å². The summed E-state index contributed by atoms with van der Waals surface area (Å²) in [6.07, 6.45) is 3.16. The van der Waals surface area contributed by atoms with Crippen molar-refractivity contribution in [2.45, 2.75) is 26.8 Å². The van der Waals surface area contributed by atoms with Gasteiger partial charge in [-0.1, -0.05) is 12.1 Å². The number of benzene rings is 1. The van der Waals surface area contributed by atoms with Crippen molar-refractivity contribution in [1.29, 1.82) is 0 Å². The van der Waals surface area contributed by atoms with Crippen LogP contribution in [0.1, 0.15) is 22.4 Å². The minimum atomic E-state index is -0.353. The van der Waals surface area contributed by atoms with Crippen molar-refractivity contribution in [2.75, 3.05) is 0 Å². The van der Waals surface area contributed by atoms with Crippen molar-refractivity contribution in [3.05, 3.63) is 81.3 Å². The van der Waals surface area contributed by atoms with Gasteiger partial charge in [0.1, 0.15) is 11.6 Å². The molecule has 0 saturated carbocycles. The largest absolute Gasteiger partial charge is 0.352 e. The monoisotopic (exact) mass is 366 g/mol. The van der Waals surface area contributed by atoms with E-state index in [1.807, 2.05) is 0 Å². The molecule has 138 valence electrons. The molecule has 27 heavy (non-hydrogen) atoms. The second-order valence-corrected chi connectivity index (χ2v) is 6.26. The third-order valence-electron chi connectivity index (χ3n) is 4.21. The van der Waals surface area contributed by atoms with Crippen molar-refractivity contribution < 1.29 is 9.18 Å². The number of nitrogens with one attached hydrogen (secondary N) is 2. The molecule has 3 aromatic rings. The molecule has 0 bridgehead atoms. The van der Waals surface area contributed by atoms with Crippen LogP contribution in [0.2, 0.25) is 0 Å². The lowest BCUT2D eigenvalue weighted by molar-refractivity contribution is -0.120. The summed E-state index contributed by atoms with van der Waals surface area (Å²) in [6.45, 7) is 3.62. The molecule has 1 amide bonds. The third-order valence-corrected chi connectivity index (χ3v) is 4.21. The lowest BCUT2D eigenvalue weighted by atomic mass is 10.1. The van der Waals surface area contributed by atoms with Crippen LogP contribution in [0.3, 0.4) is 0 Å². The topological polar surface area (TPSA) is 87.7 Å². The first-order chi connectivity index (χ1) is 12.9. The van der Waals surface area contributed by atoms with E-state index in [1.54, 1.807) is 50.5 Å². The number of nitrogens with zero attached hydrogens (tertiary/aromatic N) is 2. The van der Waals surface area contributed by atoms with Crippen LogP contribution >= 0.6 is 0 Å². The standard InChI is InChI=1S/C20H19FN4O2/c1-12-8-14(5-6-17(12)21)10-23-18(26)9-16-13(2)24-19(25-20(16)27)15-4-3-7-22-11-15/h3-8,11H,9-10H2,1-2H3,(H,23,26)(H,24,25,27). The summed E-state index contributed by atoms with van der Waals surface area (Å²) >= 11 is 0. The Morgan fingerprint density at radius 3 is 2.74 bits per heavy atom. The van der Waals surface area contributed by atoms with Gasteiger partial charge in [0.25, 0.3) is 5.56 Å². The predicted molar refractivity (Wildman–Crippen MR) is 99.5 cm³/mol. The van der Waals surface area contributed by atoms with E-state index in [2.05, 4.69) is 20.3 Å². The highest BCUT2D eigenvalue weighted by Gasteiger charge is 2.13. The van der Waals surface area contributed by atoms with Gasteiger partial charge in [-0.2, -0.15) is 0 Å². The Morgan fingerprint density at radius 1 is 1.26 bits per heavy atom. The summed E-state index contributed by atoms with van der Waals surface area (Å²) in [7, 11) is 0. The fourth-order valence-electron chi connectivity index (χ4n) is 2.70.